The van der Waals surface area contributed by atoms with Gasteiger partial charge in [-0.2, -0.15) is 0 Å². The van der Waals surface area contributed by atoms with Gasteiger partial charge in [0.15, 0.2) is 5.78 Å². The fraction of sp³-hybridized carbons (Fsp3) is 0.357. The molecule has 0 unspecified atom stereocenters. The van der Waals surface area contributed by atoms with Crippen LogP contribution in [0, 0.1) is 0 Å². The number of hydrogen-bond donors (Lipinski definition) is 1. The van der Waals surface area contributed by atoms with Crippen LogP contribution in [-0.2, 0) is 10.2 Å². The van der Waals surface area contributed by atoms with Crippen molar-refractivity contribution in [2.75, 3.05) is 5.73 Å². The molecule has 0 spiro atoms. The van der Waals surface area contributed by atoms with Gasteiger partial charge in [-0.1, -0.05) is 17.7 Å². The van der Waals surface area contributed by atoms with E-state index in [0.717, 1.165) is 29.7 Å². The minimum atomic E-state index is -0.245. The molecular formula is C14H17NO. The summed E-state index contributed by atoms with van der Waals surface area (Å²) in [5, 5.41) is 0. The number of ketones is 1. The number of nitrogens with two attached hydrogens (primary N) is 1. The highest BCUT2D eigenvalue weighted by atomic mass is 16.1. The zero-order valence-corrected chi connectivity index (χ0v) is 9.79. The molecule has 2 heteroatoms. The molecule has 2 nitrogen and oxygen atoms in total. The van der Waals surface area contributed by atoms with Gasteiger partial charge in [0.05, 0.1) is 5.41 Å². The maximum Gasteiger partial charge on any atom is 0.166 e. The molecule has 1 aliphatic rings. The van der Waals surface area contributed by atoms with Crippen molar-refractivity contribution >= 4 is 11.5 Å². The van der Waals surface area contributed by atoms with E-state index in [1.54, 1.807) is 6.08 Å². The molecule has 84 valence electrons. The maximum atomic E-state index is 12.1. The van der Waals surface area contributed by atoms with Gasteiger partial charge in [-0.25, -0.2) is 0 Å². The predicted molar refractivity (Wildman–Crippen MR) is 66.2 cm³/mol. The van der Waals surface area contributed by atoms with E-state index < -0.39 is 0 Å². The van der Waals surface area contributed by atoms with E-state index in [1.165, 1.54) is 0 Å². The molecule has 0 amide bonds. The Balaban J connectivity index is 2.30. The number of benzene rings is 1. The summed E-state index contributed by atoms with van der Waals surface area (Å²) in [5.41, 5.74) is 8.31. The smallest absolute Gasteiger partial charge is 0.166 e. The van der Waals surface area contributed by atoms with Crippen molar-refractivity contribution in [3.05, 3.63) is 41.5 Å². The van der Waals surface area contributed by atoms with Gasteiger partial charge in [0, 0.05) is 5.69 Å². The largest absolute Gasteiger partial charge is 0.399 e. The van der Waals surface area contributed by atoms with Gasteiger partial charge >= 0.3 is 0 Å². The molecule has 0 atom stereocenters. The zero-order valence-electron chi connectivity index (χ0n) is 9.79. The fourth-order valence-electron chi connectivity index (χ4n) is 2.00. The first kappa shape index (κ1) is 10.9. The lowest BCUT2D eigenvalue weighted by Gasteiger charge is -2.12. The van der Waals surface area contributed by atoms with Gasteiger partial charge in [0.2, 0.25) is 0 Å². The van der Waals surface area contributed by atoms with Crippen LogP contribution in [0.3, 0.4) is 0 Å². The Morgan fingerprint density at radius 3 is 2.25 bits per heavy atom. The summed E-state index contributed by atoms with van der Waals surface area (Å²) in [4.78, 5) is 12.1. The van der Waals surface area contributed by atoms with Crippen molar-refractivity contribution in [2.45, 2.75) is 32.1 Å². The molecular weight excluding hydrogens is 198 g/mol. The SMILES string of the molecule is CC(C)=CC(=O)C1(c2ccc(N)cc2)CC1. The van der Waals surface area contributed by atoms with E-state index in [-0.39, 0.29) is 11.2 Å². The van der Waals surface area contributed by atoms with Crippen molar-refractivity contribution in [2.24, 2.45) is 0 Å². The van der Waals surface area contributed by atoms with Gasteiger partial charge in [0.1, 0.15) is 0 Å². The Bertz CT molecular complexity index is 434. The quantitative estimate of drug-likeness (QED) is 0.622. The summed E-state index contributed by atoms with van der Waals surface area (Å²) < 4.78 is 0. The Morgan fingerprint density at radius 2 is 1.81 bits per heavy atom. The Labute approximate surface area is 96.2 Å². The second kappa shape index (κ2) is 3.78. The van der Waals surface area contributed by atoms with Gasteiger partial charge in [-0.05, 0) is 50.5 Å². The van der Waals surface area contributed by atoms with Gasteiger partial charge in [-0.15, -0.1) is 0 Å². The molecule has 1 fully saturated rings. The standard InChI is InChI=1S/C14H17NO/c1-10(2)9-13(16)14(7-8-14)11-3-5-12(15)6-4-11/h3-6,9H,7-8,15H2,1-2H3. The first-order chi connectivity index (χ1) is 7.54. The lowest BCUT2D eigenvalue weighted by atomic mass is 9.90. The third kappa shape index (κ3) is 1.87. The number of anilines is 1. The predicted octanol–water partition coefficient (Wildman–Crippen LogP) is 2.84. The Hall–Kier alpha value is -1.57. The molecule has 0 aliphatic heterocycles. The number of nitrogen functional groups attached to an aromatic ring is 1. The summed E-state index contributed by atoms with van der Waals surface area (Å²) in [6.07, 6.45) is 3.67. The molecule has 16 heavy (non-hydrogen) atoms. The first-order valence-electron chi connectivity index (χ1n) is 5.60. The van der Waals surface area contributed by atoms with Crippen LogP contribution in [0.15, 0.2) is 35.9 Å². The number of carbonyl (C=O) groups is 1. The minimum Gasteiger partial charge on any atom is -0.399 e. The third-order valence-corrected chi connectivity index (χ3v) is 3.10. The molecule has 1 aromatic rings. The van der Waals surface area contributed by atoms with Crippen LogP contribution in [0.25, 0.3) is 0 Å². The van der Waals surface area contributed by atoms with Crippen LogP contribution >= 0.6 is 0 Å². The number of hydrogen-bond acceptors (Lipinski definition) is 2. The minimum absolute atomic E-state index is 0.234. The van der Waals surface area contributed by atoms with Gasteiger partial charge < -0.3 is 5.73 Å². The second-order valence-corrected chi connectivity index (χ2v) is 4.79. The first-order valence-corrected chi connectivity index (χ1v) is 5.60. The molecule has 1 aliphatic carbocycles. The molecule has 0 radical (unpaired) electrons. The molecule has 2 rings (SSSR count). The topological polar surface area (TPSA) is 43.1 Å². The van der Waals surface area contributed by atoms with Crippen molar-refractivity contribution in [3.63, 3.8) is 0 Å². The van der Waals surface area contributed by atoms with E-state index in [9.17, 15) is 4.79 Å². The van der Waals surface area contributed by atoms with Crippen molar-refractivity contribution in [1.82, 2.24) is 0 Å². The lowest BCUT2D eigenvalue weighted by Crippen LogP contribution is -2.18. The van der Waals surface area contributed by atoms with Crippen LogP contribution in [-0.4, -0.2) is 5.78 Å². The maximum absolute atomic E-state index is 12.1. The highest BCUT2D eigenvalue weighted by Gasteiger charge is 2.49. The Morgan fingerprint density at radius 1 is 1.25 bits per heavy atom. The average molecular weight is 215 g/mol. The van der Waals surface area contributed by atoms with E-state index >= 15 is 0 Å². The highest BCUT2D eigenvalue weighted by molar-refractivity contribution is 6.01. The molecule has 0 bridgehead atoms. The zero-order chi connectivity index (χ0) is 11.8. The van der Waals surface area contributed by atoms with Gasteiger partial charge in [-0.3, -0.25) is 4.79 Å². The lowest BCUT2D eigenvalue weighted by molar-refractivity contribution is -0.116. The number of carbonyl (C=O) groups excluding carboxylic acids is 1. The molecule has 0 heterocycles. The summed E-state index contributed by atoms with van der Waals surface area (Å²) >= 11 is 0. The molecule has 1 aromatic carbocycles. The summed E-state index contributed by atoms with van der Waals surface area (Å²) in [5.74, 6) is 0.234. The third-order valence-electron chi connectivity index (χ3n) is 3.10. The second-order valence-electron chi connectivity index (χ2n) is 4.79. The van der Waals surface area contributed by atoms with Crippen molar-refractivity contribution in [3.8, 4) is 0 Å². The van der Waals surface area contributed by atoms with Crippen LogP contribution in [0.4, 0.5) is 5.69 Å². The van der Waals surface area contributed by atoms with Crippen molar-refractivity contribution in [1.29, 1.82) is 0 Å². The molecule has 0 saturated heterocycles. The van der Waals surface area contributed by atoms with E-state index in [4.69, 9.17) is 5.73 Å². The Kier molecular flexibility index (Phi) is 2.58. The fourth-order valence-corrected chi connectivity index (χ4v) is 2.00. The number of rotatable bonds is 3. The normalized spacial score (nSPS) is 16.6. The number of allylic oxidation sites excluding steroid dienone is 2. The molecule has 1 saturated carbocycles. The average Bonchev–Trinajstić information content (AvgIpc) is 2.98. The highest BCUT2D eigenvalue weighted by Crippen LogP contribution is 2.49. The van der Waals surface area contributed by atoms with E-state index in [0.29, 0.717) is 0 Å². The van der Waals surface area contributed by atoms with Crippen LogP contribution in [0.1, 0.15) is 32.3 Å². The summed E-state index contributed by atoms with van der Waals surface area (Å²) in [6, 6.07) is 7.68. The monoisotopic (exact) mass is 215 g/mol. The van der Waals surface area contributed by atoms with E-state index in [1.807, 2.05) is 38.1 Å². The van der Waals surface area contributed by atoms with Gasteiger partial charge in [0.25, 0.3) is 0 Å². The van der Waals surface area contributed by atoms with E-state index in [2.05, 4.69) is 0 Å². The molecule has 0 aromatic heterocycles. The molecule has 2 N–H and O–H groups in total. The van der Waals surface area contributed by atoms with Crippen LogP contribution in [0.5, 0.6) is 0 Å². The van der Waals surface area contributed by atoms with Crippen LogP contribution in [0.2, 0.25) is 0 Å². The van der Waals surface area contributed by atoms with Crippen LogP contribution < -0.4 is 5.73 Å². The summed E-state index contributed by atoms with van der Waals surface area (Å²) in [6.45, 7) is 3.91. The summed E-state index contributed by atoms with van der Waals surface area (Å²) in [7, 11) is 0. The van der Waals surface area contributed by atoms with Crippen molar-refractivity contribution < 1.29 is 4.79 Å².